The average molecular weight is 310 g/mol. The van der Waals surface area contributed by atoms with Crippen molar-refractivity contribution in [1.82, 2.24) is 9.88 Å². The minimum Gasteiger partial charge on any atom is -0.368 e. The SMILES string of the molecule is C#CCOCC1CCCN(C(=O)Cc2c[nH]c3ccccc23)C1. The lowest BCUT2D eigenvalue weighted by atomic mass is 9.98. The Morgan fingerprint density at radius 3 is 3.17 bits per heavy atom. The van der Waals surface area contributed by atoms with Crippen molar-refractivity contribution in [1.29, 1.82) is 0 Å². The van der Waals surface area contributed by atoms with Crippen LogP contribution in [0.3, 0.4) is 0 Å². The third-order valence-electron chi connectivity index (χ3n) is 4.43. The van der Waals surface area contributed by atoms with Gasteiger partial charge in [-0.1, -0.05) is 24.1 Å². The second-order valence-corrected chi connectivity index (χ2v) is 6.10. The fraction of sp³-hybridized carbons (Fsp3) is 0.421. The summed E-state index contributed by atoms with van der Waals surface area (Å²) in [6.07, 6.45) is 9.72. The second-order valence-electron chi connectivity index (χ2n) is 6.10. The fourth-order valence-corrected chi connectivity index (χ4v) is 3.26. The summed E-state index contributed by atoms with van der Waals surface area (Å²) in [6, 6.07) is 8.09. The molecule has 1 N–H and O–H groups in total. The van der Waals surface area contributed by atoms with Crippen molar-refractivity contribution in [3.05, 3.63) is 36.0 Å². The molecule has 2 heterocycles. The molecule has 4 heteroatoms. The third-order valence-corrected chi connectivity index (χ3v) is 4.43. The number of nitrogens with one attached hydrogen (secondary N) is 1. The minimum absolute atomic E-state index is 0.191. The van der Waals surface area contributed by atoms with Gasteiger partial charge in [0.05, 0.1) is 13.0 Å². The van der Waals surface area contributed by atoms with Gasteiger partial charge in [0.2, 0.25) is 5.91 Å². The number of aromatic amines is 1. The highest BCUT2D eigenvalue weighted by Crippen LogP contribution is 2.21. The summed E-state index contributed by atoms with van der Waals surface area (Å²) in [5.41, 5.74) is 2.14. The monoisotopic (exact) mass is 310 g/mol. The molecule has 120 valence electrons. The van der Waals surface area contributed by atoms with Crippen LogP contribution in [0.5, 0.6) is 0 Å². The number of ether oxygens (including phenoxy) is 1. The van der Waals surface area contributed by atoms with Gasteiger partial charge in [-0.25, -0.2) is 0 Å². The van der Waals surface area contributed by atoms with Gasteiger partial charge < -0.3 is 14.6 Å². The minimum atomic E-state index is 0.191. The molecule has 0 radical (unpaired) electrons. The molecule has 1 aromatic heterocycles. The number of hydrogen-bond donors (Lipinski definition) is 1. The number of nitrogens with zero attached hydrogens (tertiary/aromatic N) is 1. The van der Waals surface area contributed by atoms with Crippen LogP contribution in [0.4, 0.5) is 0 Å². The molecule has 1 aliphatic heterocycles. The number of aromatic nitrogens is 1. The van der Waals surface area contributed by atoms with Crippen molar-refractivity contribution in [3.63, 3.8) is 0 Å². The molecule has 1 aromatic carbocycles. The van der Waals surface area contributed by atoms with E-state index in [9.17, 15) is 4.79 Å². The number of carbonyl (C=O) groups is 1. The van der Waals surface area contributed by atoms with Crippen LogP contribution in [0.25, 0.3) is 10.9 Å². The second kappa shape index (κ2) is 7.34. The fourth-order valence-electron chi connectivity index (χ4n) is 3.26. The van der Waals surface area contributed by atoms with Gasteiger partial charge in [0.15, 0.2) is 0 Å². The maximum Gasteiger partial charge on any atom is 0.227 e. The molecule has 0 aliphatic carbocycles. The average Bonchev–Trinajstić information content (AvgIpc) is 2.99. The van der Waals surface area contributed by atoms with Crippen molar-refractivity contribution in [2.45, 2.75) is 19.3 Å². The van der Waals surface area contributed by atoms with Crippen molar-refractivity contribution < 1.29 is 9.53 Å². The van der Waals surface area contributed by atoms with E-state index in [2.05, 4.69) is 17.0 Å². The lowest BCUT2D eigenvalue weighted by Crippen LogP contribution is -2.42. The highest BCUT2D eigenvalue weighted by atomic mass is 16.5. The van der Waals surface area contributed by atoms with Gasteiger partial charge >= 0.3 is 0 Å². The largest absolute Gasteiger partial charge is 0.368 e. The van der Waals surface area contributed by atoms with Gasteiger partial charge in [-0.2, -0.15) is 0 Å². The van der Waals surface area contributed by atoms with Gasteiger partial charge in [-0.3, -0.25) is 4.79 Å². The molecule has 0 spiro atoms. The quantitative estimate of drug-likeness (QED) is 0.681. The molecule has 2 aromatic rings. The Hall–Kier alpha value is -2.25. The Morgan fingerprint density at radius 1 is 1.43 bits per heavy atom. The number of hydrogen-bond acceptors (Lipinski definition) is 2. The maximum absolute atomic E-state index is 12.6. The molecule has 0 bridgehead atoms. The zero-order chi connectivity index (χ0) is 16.1. The molecule has 1 atom stereocenters. The summed E-state index contributed by atoms with van der Waals surface area (Å²) in [6.45, 7) is 2.60. The Labute approximate surface area is 136 Å². The number of carbonyl (C=O) groups excluding carboxylic acids is 1. The number of terminal acetylenes is 1. The van der Waals surface area contributed by atoms with Crippen LogP contribution in [-0.4, -0.2) is 42.1 Å². The van der Waals surface area contributed by atoms with Gasteiger partial charge in [0.1, 0.15) is 6.61 Å². The highest BCUT2D eigenvalue weighted by molar-refractivity contribution is 5.88. The van der Waals surface area contributed by atoms with E-state index < -0.39 is 0 Å². The molecule has 1 saturated heterocycles. The molecule has 0 saturated carbocycles. The summed E-state index contributed by atoms with van der Waals surface area (Å²) >= 11 is 0. The molecule has 1 amide bonds. The number of H-pyrrole nitrogens is 1. The van der Waals surface area contributed by atoms with Crippen molar-refractivity contribution in [3.8, 4) is 12.3 Å². The Kier molecular flexibility index (Phi) is 4.99. The number of benzene rings is 1. The predicted octanol–water partition coefficient (Wildman–Crippen LogP) is 2.60. The van der Waals surface area contributed by atoms with Crippen LogP contribution in [0, 0.1) is 18.3 Å². The lowest BCUT2D eigenvalue weighted by Gasteiger charge is -2.32. The van der Waals surface area contributed by atoms with E-state index in [1.807, 2.05) is 29.3 Å². The van der Waals surface area contributed by atoms with Crippen molar-refractivity contribution in [2.75, 3.05) is 26.3 Å². The zero-order valence-electron chi connectivity index (χ0n) is 13.3. The molecule has 1 fully saturated rings. The number of para-hydroxylation sites is 1. The topological polar surface area (TPSA) is 45.3 Å². The van der Waals surface area contributed by atoms with E-state index in [4.69, 9.17) is 11.2 Å². The first-order valence-electron chi connectivity index (χ1n) is 8.12. The number of likely N-dealkylation sites (tertiary alicyclic amines) is 1. The van der Waals surface area contributed by atoms with E-state index in [1.54, 1.807) is 0 Å². The molecule has 1 aliphatic rings. The Morgan fingerprint density at radius 2 is 2.30 bits per heavy atom. The number of amides is 1. The molecule has 4 nitrogen and oxygen atoms in total. The van der Waals surface area contributed by atoms with E-state index in [1.165, 1.54) is 0 Å². The molecular formula is C19H22N2O2. The first kappa shape index (κ1) is 15.6. The third kappa shape index (κ3) is 3.75. The van der Waals surface area contributed by atoms with E-state index >= 15 is 0 Å². The van der Waals surface area contributed by atoms with E-state index in [-0.39, 0.29) is 5.91 Å². The summed E-state index contributed by atoms with van der Waals surface area (Å²) in [7, 11) is 0. The molecule has 23 heavy (non-hydrogen) atoms. The van der Waals surface area contributed by atoms with Crippen LogP contribution in [0.15, 0.2) is 30.5 Å². The van der Waals surface area contributed by atoms with Crippen LogP contribution < -0.4 is 0 Å². The first-order valence-corrected chi connectivity index (χ1v) is 8.12. The van der Waals surface area contributed by atoms with Crippen molar-refractivity contribution >= 4 is 16.8 Å². The van der Waals surface area contributed by atoms with E-state index in [0.717, 1.165) is 42.4 Å². The lowest BCUT2D eigenvalue weighted by molar-refractivity contribution is -0.132. The normalized spacial score (nSPS) is 18.0. The van der Waals surface area contributed by atoms with E-state index in [0.29, 0.717) is 25.6 Å². The van der Waals surface area contributed by atoms with Gasteiger partial charge in [0, 0.05) is 30.2 Å². The van der Waals surface area contributed by atoms with Gasteiger partial charge in [-0.05, 0) is 30.4 Å². The van der Waals surface area contributed by atoms with Crippen LogP contribution in [-0.2, 0) is 16.0 Å². The molecular weight excluding hydrogens is 288 g/mol. The van der Waals surface area contributed by atoms with Crippen LogP contribution in [0.2, 0.25) is 0 Å². The molecule has 1 unspecified atom stereocenters. The predicted molar refractivity (Wildman–Crippen MR) is 91.0 cm³/mol. The summed E-state index contributed by atoms with van der Waals surface area (Å²) in [4.78, 5) is 17.8. The Balaban J connectivity index is 1.60. The van der Waals surface area contributed by atoms with Gasteiger partial charge in [-0.15, -0.1) is 6.42 Å². The zero-order valence-corrected chi connectivity index (χ0v) is 13.3. The standard InChI is InChI=1S/C19H22N2O2/c1-2-10-23-14-15-6-5-9-21(13-15)19(22)11-16-12-20-18-8-4-3-7-17(16)18/h1,3-4,7-8,12,15,20H,5-6,9-11,13-14H2. The summed E-state index contributed by atoms with van der Waals surface area (Å²) in [5.74, 6) is 3.07. The maximum atomic E-state index is 12.6. The van der Waals surface area contributed by atoms with Crippen LogP contribution in [0.1, 0.15) is 18.4 Å². The van der Waals surface area contributed by atoms with Crippen molar-refractivity contribution in [2.24, 2.45) is 5.92 Å². The molecule has 3 rings (SSSR count). The first-order chi connectivity index (χ1) is 11.3. The highest BCUT2D eigenvalue weighted by Gasteiger charge is 2.24. The smallest absolute Gasteiger partial charge is 0.227 e. The van der Waals surface area contributed by atoms with Crippen LogP contribution >= 0.6 is 0 Å². The Bertz CT molecular complexity index is 713. The van der Waals surface area contributed by atoms with Gasteiger partial charge in [0.25, 0.3) is 0 Å². The summed E-state index contributed by atoms with van der Waals surface area (Å²) < 4.78 is 5.43. The number of piperidine rings is 1. The summed E-state index contributed by atoms with van der Waals surface area (Å²) in [5, 5.41) is 1.13. The number of rotatable bonds is 5. The number of fused-ring (bicyclic) bond motifs is 1.